The van der Waals surface area contributed by atoms with Crippen molar-refractivity contribution >= 4 is 5.82 Å². The topological polar surface area (TPSA) is 71.2 Å². The molecular weight excluding hydrogens is 340 g/mol. The summed E-state index contributed by atoms with van der Waals surface area (Å²) in [5.41, 5.74) is 2.30. The maximum atomic E-state index is 5.47. The summed E-state index contributed by atoms with van der Waals surface area (Å²) in [6.45, 7) is 8.73. The summed E-state index contributed by atoms with van der Waals surface area (Å²) in [6.07, 6.45) is 5.24. The highest BCUT2D eigenvalue weighted by Gasteiger charge is 2.20. The lowest BCUT2D eigenvalue weighted by atomic mass is 10.0. The summed E-state index contributed by atoms with van der Waals surface area (Å²) >= 11 is 0. The highest BCUT2D eigenvalue weighted by molar-refractivity contribution is 5.54. The quantitative estimate of drug-likeness (QED) is 0.689. The van der Waals surface area contributed by atoms with E-state index in [0.29, 0.717) is 24.2 Å². The molecule has 0 aliphatic carbocycles. The molecule has 27 heavy (non-hydrogen) atoms. The van der Waals surface area contributed by atoms with Gasteiger partial charge in [0.2, 0.25) is 11.7 Å². The average molecular weight is 364 g/mol. The number of hydrogen-bond acceptors (Lipinski definition) is 7. The van der Waals surface area contributed by atoms with Crippen molar-refractivity contribution in [2.45, 2.75) is 26.3 Å². The predicted molar refractivity (Wildman–Crippen MR) is 103 cm³/mol. The van der Waals surface area contributed by atoms with Crippen LogP contribution in [0.25, 0.3) is 11.4 Å². The fourth-order valence-electron chi connectivity index (χ4n) is 3.23. The van der Waals surface area contributed by atoms with Gasteiger partial charge < -0.3 is 9.42 Å². The van der Waals surface area contributed by atoms with E-state index in [1.807, 2.05) is 6.20 Å². The van der Waals surface area contributed by atoms with E-state index >= 15 is 0 Å². The second-order valence-electron chi connectivity index (χ2n) is 7.12. The number of anilines is 1. The average Bonchev–Trinajstić information content (AvgIpc) is 3.18. The molecule has 0 amide bonds. The molecule has 2 aromatic heterocycles. The Morgan fingerprint density at radius 1 is 1.04 bits per heavy atom. The van der Waals surface area contributed by atoms with Crippen molar-refractivity contribution < 1.29 is 4.52 Å². The molecule has 0 bridgehead atoms. The van der Waals surface area contributed by atoms with Crippen LogP contribution < -0.4 is 4.90 Å². The molecule has 1 saturated heterocycles. The van der Waals surface area contributed by atoms with Crippen molar-refractivity contribution in [3.05, 3.63) is 54.3 Å². The van der Waals surface area contributed by atoms with E-state index in [4.69, 9.17) is 4.52 Å². The maximum absolute atomic E-state index is 5.47. The zero-order chi connectivity index (χ0) is 18.6. The van der Waals surface area contributed by atoms with Crippen LogP contribution in [0, 0.1) is 0 Å². The molecule has 7 nitrogen and oxygen atoms in total. The van der Waals surface area contributed by atoms with Gasteiger partial charge in [0.05, 0.1) is 12.7 Å². The molecule has 140 valence electrons. The zero-order valence-corrected chi connectivity index (χ0v) is 15.7. The highest BCUT2D eigenvalue weighted by atomic mass is 16.5. The van der Waals surface area contributed by atoms with E-state index in [2.05, 4.69) is 68.0 Å². The minimum absolute atomic E-state index is 0.514. The van der Waals surface area contributed by atoms with Crippen LogP contribution in [0.4, 0.5) is 5.82 Å². The van der Waals surface area contributed by atoms with Gasteiger partial charge in [0.15, 0.2) is 0 Å². The van der Waals surface area contributed by atoms with Crippen molar-refractivity contribution in [2.24, 2.45) is 0 Å². The molecule has 3 aromatic rings. The Morgan fingerprint density at radius 2 is 1.81 bits per heavy atom. The van der Waals surface area contributed by atoms with Gasteiger partial charge in [-0.2, -0.15) is 4.98 Å². The van der Waals surface area contributed by atoms with Crippen molar-refractivity contribution in [1.82, 2.24) is 25.0 Å². The van der Waals surface area contributed by atoms with Crippen LogP contribution in [0.5, 0.6) is 0 Å². The second-order valence-corrected chi connectivity index (χ2v) is 7.12. The van der Waals surface area contributed by atoms with Gasteiger partial charge >= 0.3 is 0 Å². The maximum Gasteiger partial charge on any atom is 0.241 e. The van der Waals surface area contributed by atoms with Crippen LogP contribution in [0.2, 0.25) is 0 Å². The Bertz CT molecular complexity index is 854. The molecule has 1 aromatic carbocycles. The SMILES string of the molecule is CC(C)c1ccc(-c2noc(CN3CCN(c4cnccn4)CC3)n2)cc1. The number of benzene rings is 1. The van der Waals surface area contributed by atoms with Crippen molar-refractivity contribution in [3.63, 3.8) is 0 Å². The number of nitrogens with zero attached hydrogens (tertiary/aromatic N) is 6. The standard InChI is InChI=1S/C20H24N6O/c1-15(2)16-3-5-17(6-4-16)20-23-19(27-24-20)14-25-9-11-26(12-10-25)18-13-21-7-8-22-18/h3-8,13,15H,9-12,14H2,1-2H3. The Kier molecular flexibility index (Phi) is 5.11. The van der Waals surface area contributed by atoms with E-state index in [1.54, 1.807) is 12.4 Å². The van der Waals surface area contributed by atoms with Crippen LogP contribution >= 0.6 is 0 Å². The first-order valence-corrected chi connectivity index (χ1v) is 9.35. The lowest BCUT2D eigenvalue weighted by molar-refractivity contribution is 0.215. The number of rotatable bonds is 5. The molecule has 7 heteroatoms. The normalized spacial score (nSPS) is 15.4. The van der Waals surface area contributed by atoms with E-state index in [9.17, 15) is 0 Å². The lowest BCUT2D eigenvalue weighted by Crippen LogP contribution is -2.46. The van der Waals surface area contributed by atoms with Crippen molar-refractivity contribution in [1.29, 1.82) is 0 Å². The number of aromatic nitrogens is 4. The Balaban J connectivity index is 1.35. The minimum atomic E-state index is 0.514. The molecule has 0 spiro atoms. The first-order valence-electron chi connectivity index (χ1n) is 9.35. The lowest BCUT2D eigenvalue weighted by Gasteiger charge is -2.34. The van der Waals surface area contributed by atoms with Crippen LogP contribution in [0.15, 0.2) is 47.4 Å². The third-order valence-corrected chi connectivity index (χ3v) is 4.91. The van der Waals surface area contributed by atoms with Gasteiger partial charge in [0, 0.05) is 44.1 Å². The number of piperazine rings is 1. The van der Waals surface area contributed by atoms with Crippen molar-refractivity contribution in [2.75, 3.05) is 31.1 Å². The molecular formula is C20H24N6O. The van der Waals surface area contributed by atoms with Crippen LogP contribution in [-0.4, -0.2) is 51.2 Å². The smallest absolute Gasteiger partial charge is 0.241 e. The minimum Gasteiger partial charge on any atom is -0.353 e. The summed E-state index contributed by atoms with van der Waals surface area (Å²) in [5.74, 6) is 2.76. The van der Waals surface area contributed by atoms with Gasteiger partial charge in [-0.05, 0) is 11.5 Å². The van der Waals surface area contributed by atoms with Gasteiger partial charge in [-0.15, -0.1) is 0 Å². The molecule has 0 N–H and O–H groups in total. The first-order chi connectivity index (χ1) is 13.2. The van der Waals surface area contributed by atoms with Gasteiger partial charge in [-0.25, -0.2) is 4.98 Å². The molecule has 1 fully saturated rings. The van der Waals surface area contributed by atoms with Gasteiger partial charge in [0.1, 0.15) is 5.82 Å². The third kappa shape index (κ3) is 4.14. The summed E-state index contributed by atoms with van der Waals surface area (Å²) in [7, 11) is 0. The summed E-state index contributed by atoms with van der Waals surface area (Å²) in [6, 6.07) is 8.37. The van der Waals surface area contributed by atoms with Gasteiger partial charge in [0.25, 0.3) is 0 Å². The van der Waals surface area contributed by atoms with Gasteiger partial charge in [-0.3, -0.25) is 9.88 Å². The van der Waals surface area contributed by atoms with E-state index in [1.165, 1.54) is 5.56 Å². The highest BCUT2D eigenvalue weighted by Crippen LogP contribution is 2.21. The molecule has 4 rings (SSSR count). The summed E-state index contributed by atoms with van der Waals surface area (Å²) < 4.78 is 5.47. The van der Waals surface area contributed by atoms with Crippen LogP contribution in [0.3, 0.4) is 0 Å². The third-order valence-electron chi connectivity index (χ3n) is 4.91. The molecule has 1 aliphatic rings. The molecule has 0 saturated carbocycles. The van der Waals surface area contributed by atoms with Crippen molar-refractivity contribution in [3.8, 4) is 11.4 Å². The predicted octanol–water partition coefficient (Wildman–Crippen LogP) is 2.97. The largest absolute Gasteiger partial charge is 0.353 e. The molecule has 0 atom stereocenters. The second kappa shape index (κ2) is 7.84. The van der Waals surface area contributed by atoms with E-state index < -0.39 is 0 Å². The fourth-order valence-corrected chi connectivity index (χ4v) is 3.23. The number of hydrogen-bond donors (Lipinski definition) is 0. The molecule has 0 unspecified atom stereocenters. The molecule has 1 aliphatic heterocycles. The Labute approximate surface area is 159 Å². The van der Waals surface area contributed by atoms with Gasteiger partial charge in [-0.1, -0.05) is 43.3 Å². The summed E-state index contributed by atoms with van der Waals surface area (Å²) in [5, 5.41) is 4.15. The zero-order valence-electron chi connectivity index (χ0n) is 15.7. The van der Waals surface area contributed by atoms with E-state index in [0.717, 1.165) is 37.6 Å². The van der Waals surface area contributed by atoms with E-state index in [-0.39, 0.29) is 0 Å². The van der Waals surface area contributed by atoms with Crippen LogP contribution in [0.1, 0.15) is 31.2 Å². The monoisotopic (exact) mass is 364 g/mol. The molecule has 0 radical (unpaired) electrons. The first kappa shape index (κ1) is 17.6. The van der Waals surface area contributed by atoms with Crippen LogP contribution in [-0.2, 0) is 6.54 Å². The molecule has 3 heterocycles. The Morgan fingerprint density at radius 3 is 2.48 bits per heavy atom. The summed E-state index contributed by atoms with van der Waals surface area (Å²) in [4.78, 5) is 17.7. The fraction of sp³-hybridized carbons (Fsp3) is 0.400. The Hall–Kier alpha value is -2.80.